The Morgan fingerprint density at radius 1 is 1.00 bits per heavy atom. The molecule has 152 valence electrons. The van der Waals surface area contributed by atoms with Crippen LogP contribution in [0.5, 0.6) is 11.5 Å². The van der Waals surface area contributed by atoms with Crippen molar-refractivity contribution in [1.82, 2.24) is 24.4 Å². The van der Waals surface area contributed by atoms with Crippen LogP contribution in [0.3, 0.4) is 0 Å². The van der Waals surface area contributed by atoms with Crippen LogP contribution in [0.15, 0.2) is 65.6 Å². The third-order valence-electron chi connectivity index (χ3n) is 5.48. The molecule has 1 aliphatic rings. The van der Waals surface area contributed by atoms with Crippen molar-refractivity contribution in [3.05, 3.63) is 76.8 Å². The molecular weight excluding hydrogens is 394 g/mol. The number of pyridine rings is 1. The Morgan fingerprint density at radius 2 is 1.84 bits per heavy atom. The van der Waals surface area contributed by atoms with Crippen LogP contribution >= 0.6 is 0 Å². The number of ether oxygens (including phenoxy) is 2. The molecule has 0 N–H and O–H groups in total. The van der Waals surface area contributed by atoms with Crippen molar-refractivity contribution in [2.24, 2.45) is 0 Å². The molecule has 8 heteroatoms. The Hall–Kier alpha value is -4.20. The maximum Gasteiger partial charge on any atom is 0.285 e. The smallest absolute Gasteiger partial charge is 0.285 e. The zero-order chi connectivity index (χ0) is 20.9. The number of aryl methyl sites for hydroxylation is 1. The highest BCUT2D eigenvalue weighted by Gasteiger charge is 2.19. The van der Waals surface area contributed by atoms with Gasteiger partial charge in [0.25, 0.3) is 5.56 Å². The summed E-state index contributed by atoms with van der Waals surface area (Å²) >= 11 is 0. The summed E-state index contributed by atoms with van der Waals surface area (Å²) < 4.78 is 14.0. The fourth-order valence-corrected chi connectivity index (χ4v) is 3.98. The van der Waals surface area contributed by atoms with Gasteiger partial charge >= 0.3 is 0 Å². The third kappa shape index (κ3) is 2.61. The summed E-state index contributed by atoms with van der Waals surface area (Å²) in [7, 11) is 0. The zero-order valence-electron chi connectivity index (χ0n) is 16.6. The van der Waals surface area contributed by atoms with Crippen molar-refractivity contribution in [2.75, 3.05) is 6.79 Å². The normalized spacial score (nSPS) is 12.7. The number of benzene rings is 2. The first-order chi connectivity index (χ1) is 15.2. The molecule has 1 aliphatic heterocycles. The van der Waals surface area contributed by atoms with Crippen molar-refractivity contribution in [1.29, 1.82) is 0 Å². The SMILES string of the molecule is CCc1nn2c(nnc3c(=O)n(-c4ccc5c(c4)OCO5)ccc32)c1-c1ccccc1. The van der Waals surface area contributed by atoms with E-state index in [1.807, 2.05) is 42.5 Å². The predicted octanol–water partition coefficient (Wildman–Crippen LogP) is 3.39. The summed E-state index contributed by atoms with van der Waals surface area (Å²) in [6.45, 7) is 2.23. The lowest BCUT2D eigenvalue weighted by molar-refractivity contribution is 0.174. The molecule has 0 unspecified atom stereocenters. The molecule has 0 amide bonds. The van der Waals surface area contributed by atoms with Gasteiger partial charge in [0.05, 0.1) is 16.9 Å². The lowest BCUT2D eigenvalue weighted by atomic mass is 10.0. The van der Waals surface area contributed by atoms with E-state index in [9.17, 15) is 4.79 Å². The molecule has 0 fully saturated rings. The summed E-state index contributed by atoms with van der Waals surface area (Å²) in [5.74, 6) is 1.27. The van der Waals surface area contributed by atoms with Gasteiger partial charge in [-0.3, -0.25) is 9.36 Å². The molecule has 0 saturated carbocycles. The molecule has 3 aromatic heterocycles. The Kier molecular flexibility index (Phi) is 3.79. The second kappa shape index (κ2) is 6.66. The maximum atomic E-state index is 13.3. The molecule has 0 atom stereocenters. The number of aromatic nitrogens is 5. The first-order valence-corrected chi connectivity index (χ1v) is 9.99. The number of hydrogen-bond acceptors (Lipinski definition) is 6. The van der Waals surface area contributed by atoms with Gasteiger partial charge in [0, 0.05) is 12.3 Å². The van der Waals surface area contributed by atoms with E-state index in [1.165, 1.54) is 4.57 Å². The predicted molar refractivity (Wildman–Crippen MR) is 115 cm³/mol. The first-order valence-electron chi connectivity index (χ1n) is 9.99. The average Bonchev–Trinajstić information content (AvgIpc) is 3.43. The number of hydrogen-bond donors (Lipinski definition) is 0. The molecule has 6 rings (SSSR count). The molecule has 31 heavy (non-hydrogen) atoms. The molecule has 0 spiro atoms. The molecule has 8 nitrogen and oxygen atoms in total. The Balaban J connectivity index is 1.58. The van der Waals surface area contributed by atoms with E-state index < -0.39 is 0 Å². The van der Waals surface area contributed by atoms with E-state index in [4.69, 9.17) is 14.6 Å². The Bertz CT molecular complexity index is 1520. The Labute approximate surface area is 176 Å². The second-order valence-electron chi connectivity index (χ2n) is 7.24. The van der Waals surface area contributed by atoms with Gasteiger partial charge in [-0.25, -0.2) is 4.52 Å². The second-order valence-corrected chi connectivity index (χ2v) is 7.24. The van der Waals surface area contributed by atoms with Crippen molar-refractivity contribution in [2.45, 2.75) is 13.3 Å². The summed E-state index contributed by atoms with van der Waals surface area (Å²) in [5, 5.41) is 13.5. The van der Waals surface area contributed by atoms with E-state index in [1.54, 1.807) is 22.8 Å². The van der Waals surface area contributed by atoms with Gasteiger partial charge in [-0.1, -0.05) is 37.3 Å². The van der Waals surface area contributed by atoms with E-state index >= 15 is 0 Å². The van der Waals surface area contributed by atoms with Crippen LogP contribution in [0.4, 0.5) is 0 Å². The van der Waals surface area contributed by atoms with Gasteiger partial charge in [-0.05, 0) is 30.2 Å². The highest BCUT2D eigenvalue weighted by molar-refractivity contribution is 5.84. The van der Waals surface area contributed by atoms with Crippen molar-refractivity contribution >= 4 is 16.7 Å². The van der Waals surface area contributed by atoms with Crippen LogP contribution < -0.4 is 15.0 Å². The minimum absolute atomic E-state index is 0.178. The van der Waals surface area contributed by atoms with Crippen LogP contribution in [0.2, 0.25) is 0 Å². The molecule has 0 bridgehead atoms. The largest absolute Gasteiger partial charge is 0.454 e. The minimum Gasteiger partial charge on any atom is -0.454 e. The van der Waals surface area contributed by atoms with Gasteiger partial charge < -0.3 is 9.47 Å². The lowest BCUT2D eigenvalue weighted by Crippen LogP contribution is -2.20. The summed E-state index contributed by atoms with van der Waals surface area (Å²) in [5.41, 5.74) is 4.76. The van der Waals surface area contributed by atoms with Gasteiger partial charge in [-0.2, -0.15) is 5.10 Å². The summed E-state index contributed by atoms with van der Waals surface area (Å²) in [6.07, 6.45) is 2.46. The zero-order valence-corrected chi connectivity index (χ0v) is 16.6. The highest BCUT2D eigenvalue weighted by Crippen LogP contribution is 2.33. The molecule has 0 saturated heterocycles. The van der Waals surface area contributed by atoms with Crippen molar-refractivity contribution in [3.63, 3.8) is 0 Å². The fraction of sp³-hybridized carbons (Fsp3) is 0.130. The van der Waals surface area contributed by atoms with Gasteiger partial charge in [0.15, 0.2) is 22.7 Å². The topological polar surface area (TPSA) is 83.5 Å². The standard InChI is InChI=1S/C23H17N5O3/c1-2-16-20(14-6-4-3-5-7-14)22-25-24-21-17(28(22)26-16)10-11-27(23(21)29)15-8-9-18-19(12-15)31-13-30-18/h3-12H,2,13H2,1H3. The van der Waals surface area contributed by atoms with Crippen LogP contribution in [0.1, 0.15) is 12.6 Å². The molecule has 5 aromatic rings. The van der Waals surface area contributed by atoms with E-state index in [0.717, 1.165) is 23.2 Å². The van der Waals surface area contributed by atoms with Gasteiger partial charge in [-0.15, -0.1) is 10.2 Å². The van der Waals surface area contributed by atoms with E-state index in [0.29, 0.717) is 28.4 Å². The summed E-state index contributed by atoms with van der Waals surface area (Å²) in [6, 6.07) is 17.2. The third-order valence-corrected chi connectivity index (χ3v) is 5.48. The van der Waals surface area contributed by atoms with Crippen LogP contribution in [-0.2, 0) is 6.42 Å². The lowest BCUT2D eigenvalue weighted by Gasteiger charge is -2.08. The molecule has 4 heterocycles. The first kappa shape index (κ1) is 17.6. The molecular formula is C23H17N5O3. The van der Waals surface area contributed by atoms with E-state index in [2.05, 4.69) is 17.1 Å². The van der Waals surface area contributed by atoms with E-state index in [-0.39, 0.29) is 17.9 Å². The number of rotatable bonds is 3. The van der Waals surface area contributed by atoms with Crippen LogP contribution in [0.25, 0.3) is 33.5 Å². The van der Waals surface area contributed by atoms with Crippen LogP contribution in [-0.4, -0.2) is 31.2 Å². The summed E-state index contributed by atoms with van der Waals surface area (Å²) in [4.78, 5) is 13.3. The highest BCUT2D eigenvalue weighted by atomic mass is 16.7. The molecule has 0 radical (unpaired) electrons. The van der Waals surface area contributed by atoms with Gasteiger partial charge in [0.2, 0.25) is 6.79 Å². The minimum atomic E-state index is -0.277. The quantitative estimate of drug-likeness (QED) is 0.453. The Morgan fingerprint density at radius 3 is 2.68 bits per heavy atom. The van der Waals surface area contributed by atoms with Gasteiger partial charge in [0.1, 0.15) is 5.52 Å². The van der Waals surface area contributed by atoms with Crippen molar-refractivity contribution < 1.29 is 9.47 Å². The average molecular weight is 411 g/mol. The van der Waals surface area contributed by atoms with Crippen LogP contribution in [0, 0.1) is 0 Å². The maximum absolute atomic E-state index is 13.3. The number of fused-ring (bicyclic) bond motifs is 4. The van der Waals surface area contributed by atoms with Crippen molar-refractivity contribution in [3.8, 4) is 28.3 Å². The monoisotopic (exact) mass is 411 g/mol. The molecule has 0 aliphatic carbocycles. The molecule has 2 aromatic carbocycles. The number of nitrogens with zero attached hydrogens (tertiary/aromatic N) is 5. The fourth-order valence-electron chi connectivity index (χ4n) is 3.98.